The van der Waals surface area contributed by atoms with Crippen LogP contribution in [0.1, 0.15) is 43.5 Å². The smallest absolute Gasteiger partial charge is 0.192 e. The zero-order chi connectivity index (χ0) is 21.2. The molecule has 29 heavy (non-hydrogen) atoms. The number of hydrogen-bond donors (Lipinski definition) is 0. The van der Waals surface area contributed by atoms with Gasteiger partial charge in [-0.15, -0.1) is 0 Å². The van der Waals surface area contributed by atoms with Gasteiger partial charge in [0, 0.05) is 21.7 Å². The largest absolute Gasteiger partial charge is 0.413 e. The first-order valence-corrected chi connectivity index (χ1v) is 13.5. The molecular formula is C23H28BrN3OSi. The zero-order valence-corrected chi connectivity index (χ0v) is 20.5. The third kappa shape index (κ3) is 5.38. The second-order valence-electron chi connectivity index (χ2n) is 8.81. The minimum Gasteiger partial charge on any atom is -0.413 e. The third-order valence-corrected chi connectivity index (χ3v) is 10.5. The lowest BCUT2D eigenvalue weighted by Crippen LogP contribution is -2.40. The van der Waals surface area contributed by atoms with Crippen molar-refractivity contribution in [3.8, 4) is 0 Å². The second kappa shape index (κ2) is 8.46. The van der Waals surface area contributed by atoms with Gasteiger partial charge in [0.1, 0.15) is 0 Å². The Hall–Kier alpha value is -1.89. The van der Waals surface area contributed by atoms with Gasteiger partial charge < -0.3 is 4.43 Å². The Bertz CT molecular complexity index is 1060. The topological polar surface area (TPSA) is 47.9 Å². The van der Waals surface area contributed by atoms with E-state index >= 15 is 0 Å². The van der Waals surface area contributed by atoms with E-state index in [1.54, 1.807) is 6.20 Å². The molecule has 3 rings (SSSR count). The first-order chi connectivity index (χ1) is 13.5. The Morgan fingerprint density at radius 3 is 2.52 bits per heavy atom. The number of nitrogens with zero attached hydrogens (tertiary/aromatic N) is 3. The molecule has 1 aromatic carbocycles. The van der Waals surface area contributed by atoms with Gasteiger partial charge in [0.2, 0.25) is 0 Å². The van der Waals surface area contributed by atoms with Gasteiger partial charge in [0.15, 0.2) is 14.1 Å². The maximum Gasteiger partial charge on any atom is 0.192 e. The minimum atomic E-state index is -1.85. The van der Waals surface area contributed by atoms with Crippen LogP contribution in [0.2, 0.25) is 18.1 Å². The van der Waals surface area contributed by atoms with Crippen molar-refractivity contribution in [3.63, 3.8) is 0 Å². The molecule has 152 valence electrons. The molecule has 0 radical (unpaired) electrons. The number of aromatic nitrogens is 3. The lowest BCUT2D eigenvalue weighted by atomic mass is 10.1. The van der Waals surface area contributed by atoms with E-state index in [9.17, 15) is 0 Å². The summed E-state index contributed by atoms with van der Waals surface area (Å²) in [4.78, 5) is 13.5. The number of aryl methyl sites for hydroxylation is 1. The Morgan fingerprint density at radius 1 is 1.07 bits per heavy atom. The Labute approximate surface area is 182 Å². The van der Waals surface area contributed by atoms with E-state index in [1.807, 2.05) is 31.2 Å². The van der Waals surface area contributed by atoms with Crippen LogP contribution in [0.5, 0.6) is 0 Å². The van der Waals surface area contributed by atoms with E-state index in [0.29, 0.717) is 12.4 Å². The van der Waals surface area contributed by atoms with Crippen molar-refractivity contribution in [2.24, 2.45) is 0 Å². The van der Waals surface area contributed by atoms with Crippen LogP contribution >= 0.6 is 15.9 Å². The van der Waals surface area contributed by atoms with Gasteiger partial charge in [-0.25, -0.2) is 15.0 Å². The lowest BCUT2D eigenvalue weighted by molar-refractivity contribution is 0.277. The quantitative estimate of drug-likeness (QED) is 0.385. The second-order valence-corrected chi connectivity index (χ2v) is 14.5. The monoisotopic (exact) mass is 469 g/mol. The van der Waals surface area contributed by atoms with Crippen molar-refractivity contribution >= 4 is 47.3 Å². The minimum absolute atomic E-state index is 0.171. The highest BCUT2D eigenvalue weighted by molar-refractivity contribution is 9.10. The fraction of sp³-hybridized carbons (Fsp3) is 0.348. The van der Waals surface area contributed by atoms with Gasteiger partial charge in [-0.05, 0) is 67.0 Å². The number of benzene rings is 1. The molecule has 0 saturated carbocycles. The zero-order valence-electron chi connectivity index (χ0n) is 18.0. The summed E-state index contributed by atoms with van der Waals surface area (Å²) in [7, 11) is -1.85. The van der Waals surface area contributed by atoms with Gasteiger partial charge in [0.05, 0.1) is 17.8 Å². The number of hydrogen-bond acceptors (Lipinski definition) is 4. The van der Waals surface area contributed by atoms with Crippen LogP contribution in [0.25, 0.3) is 23.1 Å². The molecule has 0 amide bonds. The predicted octanol–water partition coefficient (Wildman–Crippen LogP) is 6.79. The van der Waals surface area contributed by atoms with Gasteiger partial charge in [-0.2, -0.15) is 0 Å². The summed E-state index contributed by atoms with van der Waals surface area (Å²) in [6.07, 6.45) is 5.63. The van der Waals surface area contributed by atoms with Crippen LogP contribution in [0.4, 0.5) is 0 Å². The number of pyridine rings is 1. The molecule has 0 saturated heterocycles. The molecule has 0 N–H and O–H groups in total. The normalized spacial score (nSPS) is 12.8. The molecule has 0 spiro atoms. The molecule has 0 aliphatic carbocycles. The Morgan fingerprint density at radius 2 is 1.83 bits per heavy atom. The SMILES string of the molecule is Cc1ccnc(C=Cc2cc(CO[Si](C)(C)C(C)(C)C)c3ccc(Br)cc3n2)n1. The van der Waals surface area contributed by atoms with E-state index in [4.69, 9.17) is 9.41 Å². The molecule has 0 unspecified atom stereocenters. The molecule has 0 atom stereocenters. The molecule has 0 fully saturated rings. The number of rotatable bonds is 5. The molecule has 0 aliphatic rings. The van der Waals surface area contributed by atoms with Crippen LogP contribution in [0.15, 0.2) is 41.0 Å². The standard InChI is InChI=1S/C23H28BrN3OSi/c1-16-11-12-25-22(26-16)10-8-19-13-17(15-28-29(5,6)23(2,3)4)20-9-7-18(24)14-21(20)27-19/h7-14H,15H2,1-6H3. The van der Waals surface area contributed by atoms with E-state index < -0.39 is 8.32 Å². The predicted molar refractivity (Wildman–Crippen MR) is 127 cm³/mol. The van der Waals surface area contributed by atoms with Crippen molar-refractivity contribution in [2.75, 3.05) is 0 Å². The first kappa shape index (κ1) is 21.8. The summed E-state index contributed by atoms with van der Waals surface area (Å²) in [5.41, 5.74) is 3.91. The van der Waals surface area contributed by atoms with Gasteiger partial charge in [0.25, 0.3) is 0 Å². The molecule has 0 bridgehead atoms. The average molecular weight is 470 g/mol. The summed E-state index contributed by atoms with van der Waals surface area (Å²) in [6.45, 7) is 13.9. The molecule has 3 aromatic rings. The highest BCUT2D eigenvalue weighted by atomic mass is 79.9. The lowest BCUT2D eigenvalue weighted by Gasteiger charge is -2.36. The van der Waals surface area contributed by atoms with Crippen LogP contribution in [0, 0.1) is 6.92 Å². The van der Waals surface area contributed by atoms with Gasteiger partial charge in [-0.3, -0.25) is 0 Å². The molecule has 4 nitrogen and oxygen atoms in total. The average Bonchev–Trinajstić information content (AvgIpc) is 2.63. The summed E-state index contributed by atoms with van der Waals surface area (Å²) >= 11 is 3.56. The highest BCUT2D eigenvalue weighted by Crippen LogP contribution is 2.37. The van der Waals surface area contributed by atoms with Crippen molar-refractivity contribution in [1.82, 2.24) is 15.0 Å². The number of halogens is 1. The van der Waals surface area contributed by atoms with E-state index in [-0.39, 0.29) is 5.04 Å². The Balaban J connectivity index is 1.97. The van der Waals surface area contributed by atoms with E-state index in [2.05, 4.69) is 78.0 Å². The summed E-state index contributed by atoms with van der Waals surface area (Å²) in [5.74, 6) is 0.681. The maximum absolute atomic E-state index is 6.50. The van der Waals surface area contributed by atoms with Crippen LogP contribution in [-0.2, 0) is 11.0 Å². The van der Waals surface area contributed by atoms with Crippen molar-refractivity contribution in [1.29, 1.82) is 0 Å². The molecule has 2 aromatic heterocycles. The van der Waals surface area contributed by atoms with Crippen LogP contribution in [0.3, 0.4) is 0 Å². The molecular weight excluding hydrogens is 442 g/mol. The van der Waals surface area contributed by atoms with Crippen molar-refractivity contribution < 1.29 is 4.43 Å². The molecule has 0 aliphatic heterocycles. The van der Waals surface area contributed by atoms with E-state index in [0.717, 1.165) is 32.3 Å². The summed E-state index contributed by atoms with van der Waals surface area (Å²) in [6, 6.07) is 10.2. The van der Waals surface area contributed by atoms with Crippen molar-refractivity contribution in [3.05, 3.63) is 63.8 Å². The van der Waals surface area contributed by atoms with Crippen LogP contribution in [-0.4, -0.2) is 23.3 Å². The van der Waals surface area contributed by atoms with E-state index in [1.165, 1.54) is 0 Å². The Kier molecular flexibility index (Phi) is 6.36. The summed E-state index contributed by atoms with van der Waals surface area (Å²) < 4.78 is 7.51. The van der Waals surface area contributed by atoms with Crippen LogP contribution < -0.4 is 0 Å². The fourth-order valence-corrected chi connectivity index (χ4v) is 3.98. The highest BCUT2D eigenvalue weighted by Gasteiger charge is 2.37. The third-order valence-electron chi connectivity index (χ3n) is 5.49. The van der Waals surface area contributed by atoms with Crippen molar-refractivity contribution in [2.45, 2.75) is 52.4 Å². The number of fused-ring (bicyclic) bond motifs is 1. The molecule has 2 heterocycles. The van der Waals surface area contributed by atoms with Gasteiger partial charge in [-0.1, -0.05) is 42.8 Å². The molecule has 6 heteroatoms. The summed E-state index contributed by atoms with van der Waals surface area (Å²) in [5, 5.41) is 1.29. The maximum atomic E-state index is 6.50. The van der Waals surface area contributed by atoms with Gasteiger partial charge >= 0.3 is 0 Å². The fourth-order valence-electron chi connectivity index (χ4n) is 2.68. The first-order valence-electron chi connectivity index (χ1n) is 9.76.